The van der Waals surface area contributed by atoms with E-state index >= 15 is 0 Å². The topological polar surface area (TPSA) is 64.6 Å². The molecule has 3 N–H and O–H groups in total. The van der Waals surface area contributed by atoms with Crippen molar-refractivity contribution in [2.45, 2.75) is 129 Å². The third-order valence-corrected chi connectivity index (χ3v) is 6.54. The summed E-state index contributed by atoms with van der Waals surface area (Å²) in [5.74, 6) is 0.0524. The smallest absolute Gasteiger partial charge is 0.220 e. The molecule has 34 heavy (non-hydrogen) atoms. The fraction of sp³-hybridized carbons (Fsp3) is 0.759. The summed E-state index contributed by atoms with van der Waals surface area (Å²) in [5, 5.41) is 14.6. The Labute approximate surface area is 210 Å². The van der Waals surface area contributed by atoms with Crippen LogP contribution in [0.4, 0.5) is 0 Å². The molecule has 0 spiro atoms. The Morgan fingerprint density at radius 2 is 1.59 bits per heavy atom. The Hall–Kier alpha value is -1.75. The maximum absolute atomic E-state index is 12.2. The van der Waals surface area contributed by atoms with E-state index in [9.17, 15) is 9.90 Å². The molecule has 0 bridgehead atoms. The molecule has 5 heteroatoms. The summed E-state index contributed by atoms with van der Waals surface area (Å²) in [5.41, 5.74) is 4.15. The van der Waals surface area contributed by atoms with Gasteiger partial charge in [0.1, 0.15) is 0 Å². The number of nitrogens with zero attached hydrogens (tertiary/aromatic N) is 1. The van der Waals surface area contributed by atoms with Gasteiger partial charge in [0.25, 0.3) is 0 Å². The SMILES string of the molecule is C=C1C=CNN1CCCCCCC(=O)NC(CO)C/C=C/CCCCCCCCCCCCC. The van der Waals surface area contributed by atoms with Crippen LogP contribution in [-0.2, 0) is 4.79 Å². The fourth-order valence-corrected chi connectivity index (χ4v) is 4.30. The van der Waals surface area contributed by atoms with Crippen LogP contribution in [0.1, 0.15) is 122 Å². The summed E-state index contributed by atoms with van der Waals surface area (Å²) in [4.78, 5) is 12.2. The minimum atomic E-state index is -0.166. The minimum Gasteiger partial charge on any atom is -0.394 e. The third-order valence-electron chi connectivity index (χ3n) is 6.54. The second-order valence-electron chi connectivity index (χ2n) is 9.75. The highest BCUT2D eigenvalue weighted by atomic mass is 16.3. The molecule has 1 unspecified atom stereocenters. The number of rotatable bonds is 23. The molecule has 1 rings (SSSR count). The molecular weight excluding hydrogens is 422 g/mol. The Morgan fingerprint density at radius 1 is 0.971 bits per heavy atom. The number of carbonyl (C=O) groups is 1. The monoisotopic (exact) mass is 475 g/mol. The molecular formula is C29H53N3O2. The lowest BCUT2D eigenvalue weighted by atomic mass is 10.1. The van der Waals surface area contributed by atoms with Gasteiger partial charge in [-0.2, -0.15) is 0 Å². The summed E-state index contributed by atoms with van der Waals surface area (Å²) in [6, 6.07) is -0.166. The molecule has 196 valence electrons. The van der Waals surface area contributed by atoms with E-state index < -0.39 is 0 Å². The Morgan fingerprint density at radius 3 is 2.21 bits per heavy atom. The molecule has 0 aromatic rings. The lowest BCUT2D eigenvalue weighted by Gasteiger charge is -2.19. The molecule has 0 aromatic carbocycles. The van der Waals surface area contributed by atoms with E-state index in [4.69, 9.17) is 0 Å². The van der Waals surface area contributed by atoms with Crippen LogP contribution in [0.15, 0.2) is 36.7 Å². The number of hydrogen-bond acceptors (Lipinski definition) is 4. The molecule has 1 atom stereocenters. The molecule has 0 saturated carbocycles. The highest BCUT2D eigenvalue weighted by Crippen LogP contribution is 2.13. The maximum atomic E-state index is 12.2. The van der Waals surface area contributed by atoms with E-state index in [0.717, 1.165) is 44.3 Å². The van der Waals surface area contributed by atoms with E-state index in [0.29, 0.717) is 12.8 Å². The van der Waals surface area contributed by atoms with Crippen molar-refractivity contribution in [2.75, 3.05) is 13.2 Å². The summed E-state index contributed by atoms with van der Waals surface area (Å²) in [6.07, 6.45) is 29.7. The van der Waals surface area contributed by atoms with Gasteiger partial charge in [-0.3, -0.25) is 9.80 Å². The van der Waals surface area contributed by atoms with Crippen LogP contribution < -0.4 is 10.7 Å². The molecule has 0 radical (unpaired) electrons. The van der Waals surface area contributed by atoms with Crippen LogP contribution in [-0.4, -0.2) is 35.2 Å². The van der Waals surface area contributed by atoms with E-state index in [1.54, 1.807) is 0 Å². The van der Waals surface area contributed by atoms with E-state index in [1.807, 2.05) is 17.3 Å². The standard InChI is InChI=1S/C29H53N3O2/c1-3-4-5-6-7-8-9-10-11-12-13-14-15-18-21-28(26-33)31-29(34)22-19-16-17-20-25-32-27(2)23-24-30-32/h15,18,23-24,28,30,33H,2-14,16-17,19-22,25-26H2,1H3,(H,31,34)/b18-15+. The number of hydrazine groups is 1. The first-order valence-electron chi connectivity index (χ1n) is 14.1. The Bertz CT molecular complexity index is 574. The van der Waals surface area contributed by atoms with Crippen molar-refractivity contribution in [3.8, 4) is 0 Å². The van der Waals surface area contributed by atoms with Crippen LogP contribution in [0.25, 0.3) is 0 Å². The van der Waals surface area contributed by atoms with Crippen molar-refractivity contribution in [2.24, 2.45) is 0 Å². The largest absolute Gasteiger partial charge is 0.394 e. The summed E-state index contributed by atoms with van der Waals surface area (Å²) < 4.78 is 0. The van der Waals surface area contributed by atoms with Gasteiger partial charge < -0.3 is 15.8 Å². The molecule has 5 nitrogen and oxygen atoms in total. The maximum Gasteiger partial charge on any atom is 0.220 e. The van der Waals surface area contributed by atoms with Gasteiger partial charge in [0.2, 0.25) is 5.91 Å². The molecule has 0 aromatic heterocycles. The zero-order valence-corrected chi connectivity index (χ0v) is 22.0. The van der Waals surface area contributed by atoms with Crippen molar-refractivity contribution >= 4 is 5.91 Å². The predicted octanol–water partition coefficient (Wildman–Crippen LogP) is 6.91. The second-order valence-corrected chi connectivity index (χ2v) is 9.75. The van der Waals surface area contributed by atoms with Gasteiger partial charge in [0, 0.05) is 19.2 Å². The van der Waals surface area contributed by atoms with Crippen molar-refractivity contribution < 1.29 is 9.90 Å². The average Bonchev–Trinajstić information content (AvgIpc) is 3.25. The average molecular weight is 476 g/mol. The number of hydrogen-bond donors (Lipinski definition) is 3. The summed E-state index contributed by atoms with van der Waals surface area (Å²) in [6.45, 7) is 7.18. The molecule has 0 aliphatic carbocycles. The fourth-order valence-electron chi connectivity index (χ4n) is 4.30. The lowest BCUT2D eigenvalue weighted by molar-refractivity contribution is -0.122. The highest BCUT2D eigenvalue weighted by Gasteiger charge is 2.10. The van der Waals surface area contributed by atoms with Gasteiger partial charge in [-0.15, -0.1) is 0 Å². The van der Waals surface area contributed by atoms with Gasteiger partial charge >= 0.3 is 0 Å². The van der Waals surface area contributed by atoms with Crippen molar-refractivity contribution in [1.29, 1.82) is 0 Å². The second kappa shape index (κ2) is 21.8. The quantitative estimate of drug-likeness (QED) is 0.111. The number of amides is 1. The van der Waals surface area contributed by atoms with E-state index in [-0.39, 0.29) is 18.6 Å². The molecule has 1 aliphatic rings. The van der Waals surface area contributed by atoms with Crippen molar-refractivity contribution in [1.82, 2.24) is 15.8 Å². The van der Waals surface area contributed by atoms with Crippen LogP contribution in [0, 0.1) is 0 Å². The van der Waals surface area contributed by atoms with E-state index in [2.05, 4.69) is 36.4 Å². The molecule has 0 saturated heterocycles. The van der Waals surface area contributed by atoms with Crippen molar-refractivity contribution in [3.63, 3.8) is 0 Å². The molecule has 1 aliphatic heterocycles. The number of nitrogens with one attached hydrogen (secondary N) is 2. The Kier molecular flexibility index (Phi) is 19.4. The zero-order chi connectivity index (χ0) is 24.7. The van der Waals surface area contributed by atoms with Crippen LogP contribution in [0.2, 0.25) is 0 Å². The van der Waals surface area contributed by atoms with Crippen LogP contribution >= 0.6 is 0 Å². The first-order chi connectivity index (χ1) is 16.7. The molecule has 0 fully saturated rings. The predicted molar refractivity (Wildman–Crippen MR) is 145 cm³/mol. The third kappa shape index (κ3) is 16.8. The summed E-state index contributed by atoms with van der Waals surface area (Å²) in [7, 11) is 0. The number of aliphatic hydroxyl groups excluding tert-OH is 1. The number of allylic oxidation sites excluding steroid dienone is 2. The first kappa shape index (κ1) is 30.3. The van der Waals surface area contributed by atoms with Crippen molar-refractivity contribution in [3.05, 3.63) is 36.7 Å². The number of carbonyl (C=O) groups excluding carboxylic acids is 1. The van der Waals surface area contributed by atoms with E-state index in [1.165, 1.54) is 70.6 Å². The van der Waals surface area contributed by atoms with Gasteiger partial charge in [0.05, 0.1) is 18.3 Å². The first-order valence-corrected chi connectivity index (χ1v) is 14.1. The number of aliphatic hydroxyl groups is 1. The van der Waals surface area contributed by atoms with Crippen LogP contribution in [0.5, 0.6) is 0 Å². The number of unbranched alkanes of at least 4 members (excludes halogenated alkanes) is 14. The molecule has 1 heterocycles. The minimum absolute atomic E-state index is 0.00468. The highest BCUT2D eigenvalue weighted by molar-refractivity contribution is 5.76. The normalized spacial score (nSPS) is 14.2. The van der Waals surface area contributed by atoms with Gasteiger partial charge in [0.15, 0.2) is 0 Å². The molecule has 1 amide bonds. The Balaban J connectivity index is 1.91. The van der Waals surface area contributed by atoms with Gasteiger partial charge in [-0.1, -0.05) is 103 Å². The zero-order valence-electron chi connectivity index (χ0n) is 22.0. The van der Waals surface area contributed by atoms with Crippen LogP contribution in [0.3, 0.4) is 0 Å². The van der Waals surface area contributed by atoms with Gasteiger partial charge in [-0.05, 0) is 38.2 Å². The summed E-state index contributed by atoms with van der Waals surface area (Å²) >= 11 is 0. The van der Waals surface area contributed by atoms with Gasteiger partial charge in [-0.25, -0.2) is 0 Å². The lowest BCUT2D eigenvalue weighted by Crippen LogP contribution is -2.36.